The highest BCUT2D eigenvalue weighted by atomic mass is 16.5. The lowest BCUT2D eigenvalue weighted by molar-refractivity contribution is -0.150. The molecular weight excluding hydrogens is 320 g/mol. The van der Waals surface area contributed by atoms with Crippen LogP contribution in [0, 0.1) is 0 Å². The van der Waals surface area contributed by atoms with Crippen LogP contribution in [-0.4, -0.2) is 62.1 Å². The van der Waals surface area contributed by atoms with E-state index in [0.717, 1.165) is 18.7 Å². The van der Waals surface area contributed by atoms with Crippen molar-refractivity contribution < 1.29 is 19.1 Å². The molecule has 0 spiro atoms. The van der Waals surface area contributed by atoms with Gasteiger partial charge in [-0.25, -0.2) is 0 Å². The van der Waals surface area contributed by atoms with E-state index in [-0.39, 0.29) is 0 Å². The zero-order valence-corrected chi connectivity index (χ0v) is 14.1. The van der Waals surface area contributed by atoms with Crippen molar-refractivity contribution in [2.75, 3.05) is 44.3 Å². The third-order valence-electron chi connectivity index (χ3n) is 4.97. The molecule has 6 heteroatoms. The fraction of sp³-hybridized carbons (Fsp3) is 0.474. The monoisotopic (exact) mass is 342 g/mol. The van der Waals surface area contributed by atoms with Gasteiger partial charge in [0.2, 0.25) is 12.0 Å². The number of benzene rings is 1. The molecule has 0 radical (unpaired) electrons. The third kappa shape index (κ3) is 3.32. The van der Waals surface area contributed by atoms with Gasteiger partial charge in [-0.2, -0.15) is 0 Å². The third-order valence-corrected chi connectivity index (χ3v) is 4.97. The topological polar surface area (TPSA) is 59.1 Å². The summed E-state index contributed by atoms with van der Waals surface area (Å²) in [5.74, 6) is -0.533. The number of hydrogen-bond donors (Lipinski definition) is 0. The Hall–Kier alpha value is -2.18. The highest BCUT2D eigenvalue weighted by Gasteiger charge is 2.37. The maximum Gasteiger partial charge on any atom is 0.258 e. The molecule has 3 aliphatic rings. The fourth-order valence-electron chi connectivity index (χ4n) is 3.54. The molecule has 3 heterocycles. The fourth-order valence-corrected chi connectivity index (χ4v) is 3.54. The Balaban J connectivity index is 1.53. The van der Waals surface area contributed by atoms with Gasteiger partial charge in [-0.3, -0.25) is 14.5 Å². The number of ketones is 2. The quantitative estimate of drug-likeness (QED) is 0.775. The van der Waals surface area contributed by atoms with Gasteiger partial charge < -0.3 is 14.4 Å². The van der Waals surface area contributed by atoms with Crippen LogP contribution in [0.4, 0.5) is 5.69 Å². The van der Waals surface area contributed by atoms with E-state index < -0.39 is 17.8 Å². The normalized spacial score (nSPS) is 25.0. The molecule has 4 rings (SSSR count). The lowest BCUT2D eigenvalue weighted by Gasteiger charge is -2.35. The highest BCUT2D eigenvalue weighted by Crippen LogP contribution is 2.27. The van der Waals surface area contributed by atoms with Crippen molar-refractivity contribution in [1.82, 2.24) is 4.90 Å². The average Bonchev–Trinajstić information content (AvgIpc) is 3.19. The van der Waals surface area contributed by atoms with Crippen LogP contribution in [0.3, 0.4) is 0 Å². The number of rotatable bonds is 3. The molecular formula is C19H22N2O4. The van der Waals surface area contributed by atoms with E-state index in [1.54, 1.807) is 0 Å². The molecule has 0 aliphatic carbocycles. The van der Waals surface area contributed by atoms with Crippen molar-refractivity contribution in [2.45, 2.75) is 19.1 Å². The second-order valence-corrected chi connectivity index (χ2v) is 6.60. The zero-order chi connectivity index (χ0) is 17.2. The maximum atomic E-state index is 12.2. The molecule has 2 fully saturated rings. The molecule has 3 aliphatic heterocycles. The first-order valence-corrected chi connectivity index (χ1v) is 8.86. The van der Waals surface area contributed by atoms with Crippen molar-refractivity contribution in [1.29, 1.82) is 0 Å². The first kappa shape index (κ1) is 16.3. The molecule has 1 aromatic carbocycles. The maximum absolute atomic E-state index is 12.2. The van der Waals surface area contributed by atoms with Crippen LogP contribution in [0.25, 0.3) is 5.76 Å². The Bertz CT molecular complexity index is 686. The summed E-state index contributed by atoms with van der Waals surface area (Å²) in [4.78, 5) is 28.6. The zero-order valence-electron chi connectivity index (χ0n) is 14.1. The molecule has 0 saturated carbocycles. The van der Waals surface area contributed by atoms with Crippen LogP contribution in [-0.2, 0) is 19.1 Å². The predicted octanol–water partition coefficient (Wildman–Crippen LogP) is 1.45. The first-order valence-electron chi connectivity index (χ1n) is 8.86. The number of nitrogens with zero attached hydrogens (tertiary/aromatic N) is 2. The van der Waals surface area contributed by atoms with Gasteiger partial charge in [0.1, 0.15) is 5.76 Å². The van der Waals surface area contributed by atoms with Crippen molar-refractivity contribution in [3.63, 3.8) is 0 Å². The van der Waals surface area contributed by atoms with Gasteiger partial charge in [-0.15, -0.1) is 0 Å². The minimum Gasteiger partial charge on any atom is -0.466 e. The van der Waals surface area contributed by atoms with Crippen molar-refractivity contribution in [2.24, 2.45) is 0 Å². The van der Waals surface area contributed by atoms with Gasteiger partial charge in [0, 0.05) is 43.5 Å². The number of Topliss-reactive ketones (excluding diaryl/α,β-unsaturated/α-hetero) is 1. The summed E-state index contributed by atoms with van der Waals surface area (Å²) in [5, 5.41) is 0. The van der Waals surface area contributed by atoms with Crippen LogP contribution >= 0.6 is 0 Å². The summed E-state index contributed by atoms with van der Waals surface area (Å²) >= 11 is 0. The van der Waals surface area contributed by atoms with E-state index in [2.05, 4.69) is 17.0 Å². The molecule has 2 saturated heterocycles. The number of ether oxygens (including phenoxy) is 2. The average molecular weight is 342 g/mol. The summed E-state index contributed by atoms with van der Waals surface area (Å²) in [7, 11) is 0. The van der Waals surface area contributed by atoms with Gasteiger partial charge in [0.25, 0.3) is 5.78 Å². The Morgan fingerprint density at radius 3 is 2.28 bits per heavy atom. The Morgan fingerprint density at radius 2 is 1.60 bits per heavy atom. The number of anilines is 1. The van der Waals surface area contributed by atoms with Gasteiger partial charge in [-0.05, 0) is 37.1 Å². The van der Waals surface area contributed by atoms with E-state index in [1.165, 1.54) is 24.6 Å². The SMILES string of the molecule is O=C1C=C(c2ccc(N3CCCC3)cc2)OC(N2CCOCC2)C1=O. The largest absolute Gasteiger partial charge is 0.466 e. The van der Waals surface area contributed by atoms with Gasteiger partial charge in [-0.1, -0.05) is 0 Å². The number of carbonyl (C=O) groups is 2. The summed E-state index contributed by atoms with van der Waals surface area (Å²) in [5.41, 5.74) is 2.01. The second kappa shape index (κ2) is 6.98. The van der Waals surface area contributed by atoms with E-state index >= 15 is 0 Å². The molecule has 0 aromatic heterocycles. The Kier molecular flexibility index (Phi) is 4.55. The predicted molar refractivity (Wildman–Crippen MR) is 93.1 cm³/mol. The molecule has 132 valence electrons. The van der Waals surface area contributed by atoms with Crippen LogP contribution < -0.4 is 4.90 Å². The molecule has 1 aromatic rings. The number of morpholine rings is 1. The van der Waals surface area contributed by atoms with Crippen molar-refractivity contribution in [3.05, 3.63) is 35.9 Å². The van der Waals surface area contributed by atoms with Gasteiger partial charge in [0.05, 0.1) is 13.2 Å². The van der Waals surface area contributed by atoms with Gasteiger partial charge in [0.15, 0.2) is 0 Å². The van der Waals surface area contributed by atoms with Crippen molar-refractivity contribution >= 4 is 23.0 Å². The highest BCUT2D eigenvalue weighted by molar-refractivity contribution is 6.44. The summed E-state index contributed by atoms with van der Waals surface area (Å²) < 4.78 is 11.2. The summed E-state index contributed by atoms with van der Waals surface area (Å²) in [6, 6.07) is 8.02. The summed E-state index contributed by atoms with van der Waals surface area (Å²) in [6.07, 6.45) is 2.93. The molecule has 6 nitrogen and oxygen atoms in total. The number of hydrogen-bond acceptors (Lipinski definition) is 6. The number of carbonyl (C=O) groups excluding carboxylic acids is 2. The van der Waals surface area contributed by atoms with Crippen LogP contribution in [0.5, 0.6) is 0 Å². The number of allylic oxidation sites excluding steroid dienone is 1. The second-order valence-electron chi connectivity index (χ2n) is 6.60. The minimum atomic E-state index is -0.838. The standard InChI is InChI=1S/C19H22N2O4/c22-16-13-17(25-19(18(16)23)21-9-11-24-12-10-21)14-3-5-15(6-4-14)20-7-1-2-8-20/h3-6,13,19H,1-2,7-12H2. The minimum absolute atomic E-state index is 0.467. The lowest BCUT2D eigenvalue weighted by atomic mass is 10.1. The van der Waals surface area contributed by atoms with E-state index in [0.29, 0.717) is 32.1 Å². The first-order chi connectivity index (χ1) is 12.2. The molecule has 0 amide bonds. The van der Waals surface area contributed by atoms with Crippen LogP contribution in [0.2, 0.25) is 0 Å². The smallest absolute Gasteiger partial charge is 0.258 e. The molecule has 0 bridgehead atoms. The Labute approximate surface area is 147 Å². The van der Waals surface area contributed by atoms with Crippen LogP contribution in [0.15, 0.2) is 30.3 Å². The molecule has 0 N–H and O–H groups in total. The van der Waals surface area contributed by atoms with Gasteiger partial charge >= 0.3 is 0 Å². The van der Waals surface area contributed by atoms with E-state index in [4.69, 9.17) is 9.47 Å². The summed E-state index contributed by atoms with van der Waals surface area (Å²) in [6.45, 7) is 4.45. The molecule has 1 unspecified atom stereocenters. The van der Waals surface area contributed by atoms with E-state index in [1.807, 2.05) is 17.0 Å². The van der Waals surface area contributed by atoms with Crippen molar-refractivity contribution in [3.8, 4) is 0 Å². The van der Waals surface area contributed by atoms with Crippen LogP contribution in [0.1, 0.15) is 18.4 Å². The van der Waals surface area contributed by atoms with E-state index in [9.17, 15) is 9.59 Å². The Morgan fingerprint density at radius 1 is 0.920 bits per heavy atom. The molecule has 25 heavy (non-hydrogen) atoms. The lowest BCUT2D eigenvalue weighted by Crippen LogP contribution is -2.51. The molecule has 1 atom stereocenters.